The molecular weight excluding hydrogens is 366 g/mol. The summed E-state index contributed by atoms with van der Waals surface area (Å²) < 4.78 is 11.6. The zero-order valence-electron chi connectivity index (χ0n) is 17.9. The maximum atomic E-state index is 12.5. The maximum Gasteiger partial charge on any atom is 0.253 e. The van der Waals surface area contributed by atoms with Crippen molar-refractivity contribution >= 4 is 17.8 Å². The number of nitrogens with zero attached hydrogens (tertiary/aromatic N) is 1. The van der Waals surface area contributed by atoms with Gasteiger partial charge in [-0.05, 0) is 64.1 Å². The van der Waals surface area contributed by atoms with Gasteiger partial charge in [-0.2, -0.15) is 0 Å². The molecule has 0 unspecified atom stereocenters. The fraction of sp³-hybridized carbons (Fsp3) is 0.333. The molecule has 0 saturated heterocycles. The van der Waals surface area contributed by atoms with E-state index in [9.17, 15) is 9.59 Å². The van der Waals surface area contributed by atoms with Crippen LogP contribution in [-0.4, -0.2) is 42.9 Å². The van der Waals surface area contributed by atoms with Gasteiger partial charge in [0.2, 0.25) is 0 Å². The molecule has 0 aliphatic rings. The number of carbonyl (C=O) groups is 2. The lowest BCUT2D eigenvalue weighted by Gasteiger charge is -2.16. The maximum absolute atomic E-state index is 12.5. The molecule has 0 N–H and O–H groups in total. The molecule has 0 saturated carbocycles. The Morgan fingerprint density at radius 2 is 1.45 bits per heavy atom. The van der Waals surface area contributed by atoms with Crippen LogP contribution in [0.2, 0.25) is 0 Å². The molecule has 1 amide bonds. The molecule has 2 aromatic rings. The molecule has 2 aromatic carbocycles. The minimum atomic E-state index is -0.146. The van der Waals surface area contributed by atoms with Gasteiger partial charge in [-0.3, -0.25) is 9.59 Å². The van der Waals surface area contributed by atoms with Crippen LogP contribution in [0.1, 0.15) is 54.0 Å². The number of carbonyl (C=O) groups excluding carboxylic acids is 2. The van der Waals surface area contributed by atoms with Gasteiger partial charge >= 0.3 is 0 Å². The Morgan fingerprint density at radius 3 is 2.00 bits per heavy atom. The lowest BCUT2D eigenvalue weighted by molar-refractivity contribution is 0.0827. The summed E-state index contributed by atoms with van der Waals surface area (Å²) in [5.74, 6) is 1.14. The Morgan fingerprint density at radius 1 is 0.862 bits per heavy atom. The lowest BCUT2D eigenvalue weighted by Crippen LogP contribution is -2.21. The molecule has 0 atom stereocenters. The Bertz CT molecular complexity index is 880. The predicted octanol–water partition coefficient (Wildman–Crippen LogP) is 4.86. The van der Waals surface area contributed by atoms with E-state index in [0.717, 1.165) is 11.3 Å². The summed E-state index contributed by atoms with van der Waals surface area (Å²) in [5, 5.41) is 0. The average Bonchev–Trinajstić information content (AvgIpc) is 2.65. The number of ketones is 1. The summed E-state index contributed by atoms with van der Waals surface area (Å²) >= 11 is 0. The van der Waals surface area contributed by atoms with E-state index in [2.05, 4.69) is 0 Å². The highest BCUT2D eigenvalue weighted by molar-refractivity contribution is 6.07. The first-order valence-electron chi connectivity index (χ1n) is 9.69. The first kappa shape index (κ1) is 22.2. The summed E-state index contributed by atoms with van der Waals surface area (Å²) in [6.07, 6.45) is 3.30. The molecule has 5 heteroatoms. The first-order valence-corrected chi connectivity index (χ1v) is 9.69. The van der Waals surface area contributed by atoms with Crippen LogP contribution in [0.5, 0.6) is 11.5 Å². The molecule has 0 bridgehead atoms. The van der Waals surface area contributed by atoms with E-state index in [0.29, 0.717) is 16.9 Å². The van der Waals surface area contributed by atoms with Crippen LogP contribution in [0.25, 0.3) is 6.08 Å². The summed E-state index contributed by atoms with van der Waals surface area (Å²) in [6.45, 7) is 7.83. The summed E-state index contributed by atoms with van der Waals surface area (Å²) in [4.78, 5) is 26.0. The number of hydrogen-bond donors (Lipinski definition) is 0. The number of benzene rings is 2. The molecule has 0 spiro atoms. The Balaban J connectivity index is 2.21. The number of hydrogen-bond acceptors (Lipinski definition) is 4. The number of ether oxygens (including phenoxy) is 2. The van der Waals surface area contributed by atoms with Crippen molar-refractivity contribution in [2.75, 3.05) is 14.1 Å². The molecule has 0 aromatic heterocycles. The Kier molecular flexibility index (Phi) is 7.59. The van der Waals surface area contributed by atoms with Crippen LogP contribution in [0, 0.1) is 0 Å². The van der Waals surface area contributed by atoms with E-state index < -0.39 is 0 Å². The number of amides is 1. The van der Waals surface area contributed by atoms with Gasteiger partial charge < -0.3 is 14.4 Å². The van der Waals surface area contributed by atoms with E-state index in [4.69, 9.17) is 9.47 Å². The topological polar surface area (TPSA) is 55.8 Å². The zero-order chi connectivity index (χ0) is 21.6. The van der Waals surface area contributed by atoms with Crippen molar-refractivity contribution in [1.82, 2.24) is 4.90 Å². The van der Waals surface area contributed by atoms with Gasteiger partial charge in [0.15, 0.2) is 5.78 Å². The highest BCUT2D eigenvalue weighted by Crippen LogP contribution is 2.28. The Labute approximate surface area is 172 Å². The fourth-order valence-electron chi connectivity index (χ4n) is 2.65. The third-order valence-corrected chi connectivity index (χ3v) is 3.96. The van der Waals surface area contributed by atoms with Crippen LogP contribution in [-0.2, 0) is 0 Å². The van der Waals surface area contributed by atoms with Crippen LogP contribution < -0.4 is 9.47 Å². The molecule has 0 heterocycles. The van der Waals surface area contributed by atoms with Crippen molar-refractivity contribution in [3.05, 3.63) is 65.2 Å². The minimum Gasteiger partial charge on any atom is -0.491 e. The van der Waals surface area contributed by atoms with Gasteiger partial charge in [0, 0.05) is 36.9 Å². The van der Waals surface area contributed by atoms with Gasteiger partial charge in [-0.1, -0.05) is 12.1 Å². The number of rotatable bonds is 8. The van der Waals surface area contributed by atoms with Gasteiger partial charge in [0.05, 0.1) is 12.2 Å². The van der Waals surface area contributed by atoms with E-state index in [1.165, 1.54) is 11.0 Å². The molecule has 29 heavy (non-hydrogen) atoms. The van der Waals surface area contributed by atoms with Crippen molar-refractivity contribution in [1.29, 1.82) is 0 Å². The first-order chi connectivity index (χ1) is 13.7. The quantitative estimate of drug-likeness (QED) is 0.473. The average molecular weight is 395 g/mol. The molecule has 5 nitrogen and oxygen atoms in total. The molecular formula is C24H29NO4. The molecule has 0 aliphatic carbocycles. The van der Waals surface area contributed by atoms with Gasteiger partial charge in [-0.15, -0.1) is 0 Å². The summed E-state index contributed by atoms with van der Waals surface area (Å²) in [7, 11) is 3.39. The molecule has 154 valence electrons. The lowest BCUT2D eigenvalue weighted by atomic mass is 10.1. The van der Waals surface area contributed by atoms with Crippen LogP contribution in [0.3, 0.4) is 0 Å². The zero-order valence-corrected chi connectivity index (χ0v) is 17.9. The Hall–Kier alpha value is -3.08. The van der Waals surface area contributed by atoms with Crippen molar-refractivity contribution in [3.8, 4) is 11.5 Å². The second-order valence-electron chi connectivity index (χ2n) is 7.51. The normalized spacial score (nSPS) is 11.2. The smallest absolute Gasteiger partial charge is 0.253 e. The summed E-state index contributed by atoms with van der Waals surface area (Å²) in [5.41, 5.74) is 1.86. The third-order valence-electron chi connectivity index (χ3n) is 3.96. The predicted molar refractivity (Wildman–Crippen MR) is 116 cm³/mol. The molecule has 0 aliphatic heterocycles. The second kappa shape index (κ2) is 9.92. The van der Waals surface area contributed by atoms with E-state index in [-0.39, 0.29) is 23.9 Å². The highest BCUT2D eigenvalue weighted by atomic mass is 16.5. The van der Waals surface area contributed by atoms with Crippen molar-refractivity contribution in [3.63, 3.8) is 0 Å². The standard InChI is InChI=1S/C24H29NO4/c1-16(2)28-21-13-11-19(23(15-21)29-17(3)4)12-14-22(26)18-7-9-20(10-8-18)24(27)25(5)6/h7-17H,1-6H3/b14-12+. The minimum absolute atomic E-state index is 0.00562. The monoisotopic (exact) mass is 395 g/mol. The highest BCUT2D eigenvalue weighted by Gasteiger charge is 2.10. The van der Waals surface area contributed by atoms with Crippen LogP contribution in [0.4, 0.5) is 0 Å². The van der Waals surface area contributed by atoms with E-state index >= 15 is 0 Å². The van der Waals surface area contributed by atoms with Crippen LogP contribution in [0.15, 0.2) is 48.5 Å². The van der Waals surface area contributed by atoms with Crippen molar-refractivity contribution < 1.29 is 19.1 Å². The van der Waals surface area contributed by atoms with Gasteiger partial charge in [-0.25, -0.2) is 0 Å². The molecule has 0 fully saturated rings. The van der Waals surface area contributed by atoms with Crippen molar-refractivity contribution in [2.45, 2.75) is 39.9 Å². The fourth-order valence-corrected chi connectivity index (χ4v) is 2.65. The SMILES string of the molecule is CC(C)Oc1ccc(/C=C/C(=O)c2ccc(C(=O)N(C)C)cc2)c(OC(C)C)c1. The third kappa shape index (κ3) is 6.49. The van der Waals surface area contributed by atoms with Gasteiger partial charge in [0.1, 0.15) is 11.5 Å². The second-order valence-corrected chi connectivity index (χ2v) is 7.51. The summed E-state index contributed by atoms with van der Waals surface area (Å²) in [6, 6.07) is 12.2. The van der Waals surface area contributed by atoms with Gasteiger partial charge in [0.25, 0.3) is 5.91 Å². The van der Waals surface area contributed by atoms with E-state index in [1.807, 2.05) is 45.9 Å². The number of allylic oxidation sites excluding steroid dienone is 1. The van der Waals surface area contributed by atoms with E-state index in [1.54, 1.807) is 44.4 Å². The molecule has 0 radical (unpaired) electrons. The van der Waals surface area contributed by atoms with Crippen LogP contribution >= 0.6 is 0 Å². The van der Waals surface area contributed by atoms with Crippen molar-refractivity contribution in [2.24, 2.45) is 0 Å². The molecule has 2 rings (SSSR count). The largest absolute Gasteiger partial charge is 0.491 e.